The van der Waals surface area contributed by atoms with E-state index in [1.54, 1.807) is 6.20 Å². The van der Waals surface area contributed by atoms with E-state index in [-0.39, 0.29) is 11.7 Å². The van der Waals surface area contributed by atoms with E-state index >= 15 is 0 Å². The van der Waals surface area contributed by atoms with E-state index in [1.165, 1.54) is 11.8 Å². The number of benzene rings is 2. The van der Waals surface area contributed by atoms with E-state index in [4.69, 9.17) is 0 Å². The number of carbonyl (C=O) groups excluding carboxylic acids is 1. The number of carbonyl (C=O) groups is 1. The third-order valence-electron chi connectivity index (χ3n) is 5.06. The molecule has 7 heteroatoms. The molecule has 0 saturated heterocycles. The van der Waals surface area contributed by atoms with Crippen molar-refractivity contribution in [3.8, 4) is 11.3 Å². The van der Waals surface area contributed by atoms with Gasteiger partial charge in [-0.25, -0.2) is 9.97 Å². The van der Waals surface area contributed by atoms with Crippen molar-refractivity contribution in [1.82, 2.24) is 19.7 Å². The molecule has 4 aromatic rings. The highest BCUT2D eigenvalue weighted by Gasteiger charge is 2.18. The molecule has 0 atom stereocenters. The Bertz CT molecular complexity index is 1180. The number of rotatable bonds is 8. The molecule has 2 aromatic carbocycles. The van der Waals surface area contributed by atoms with Gasteiger partial charge in [0.1, 0.15) is 0 Å². The van der Waals surface area contributed by atoms with E-state index in [9.17, 15) is 4.79 Å². The van der Waals surface area contributed by atoms with Gasteiger partial charge in [0.15, 0.2) is 5.16 Å². The second-order valence-electron chi connectivity index (χ2n) is 7.30. The van der Waals surface area contributed by atoms with Crippen LogP contribution in [0.15, 0.2) is 84.3 Å². The maximum atomic E-state index is 13.2. The molecule has 0 bridgehead atoms. The molecule has 0 aliphatic heterocycles. The molecule has 6 nitrogen and oxygen atoms in total. The summed E-state index contributed by atoms with van der Waals surface area (Å²) < 4.78 is 1.89. The van der Waals surface area contributed by atoms with E-state index in [0.717, 1.165) is 34.7 Å². The zero-order valence-corrected chi connectivity index (χ0v) is 19.0. The molecular formula is C25H25N5OS. The Morgan fingerprint density at radius 1 is 1.03 bits per heavy atom. The lowest BCUT2D eigenvalue weighted by molar-refractivity contribution is -0.116. The highest BCUT2D eigenvalue weighted by Crippen LogP contribution is 2.24. The normalized spacial score (nSPS) is 10.8. The number of anilines is 1. The molecule has 32 heavy (non-hydrogen) atoms. The topological polar surface area (TPSA) is 63.9 Å². The van der Waals surface area contributed by atoms with Crippen LogP contribution in [-0.4, -0.2) is 31.4 Å². The minimum Gasteiger partial charge on any atom is -0.307 e. The molecule has 0 unspecified atom stereocenters. The smallest absolute Gasteiger partial charge is 0.237 e. The molecule has 0 saturated carbocycles. The number of thioether (sulfide) groups is 1. The third kappa shape index (κ3) is 5.23. The second kappa shape index (κ2) is 10.2. The molecule has 0 aliphatic carbocycles. The zero-order valence-electron chi connectivity index (χ0n) is 18.2. The summed E-state index contributed by atoms with van der Waals surface area (Å²) in [6.07, 6.45) is 3.73. The van der Waals surface area contributed by atoms with Crippen LogP contribution >= 0.6 is 11.8 Å². The third-order valence-corrected chi connectivity index (χ3v) is 5.90. The van der Waals surface area contributed by atoms with Crippen molar-refractivity contribution in [3.63, 3.8) is 0 Å². The highest BCUT2D eigenvalue weighted by molar-refractivity contribution is 7.99. The molecule has 0 radical (unpaired) electrons. The minimum atomic E-state index is 0.00837. The van der Waals surface area contributed by atoms with E-state index in [1.807, 2.05) is 89.4 Å². The van der Waals surface area contributed by atoms with Gasteiger partial charge in [0, 0.05) is 30.2 Å². The van der Waals surface area contributed by atoms with E-state index in [0.29, 0.717) is 11.7 Å². The van der Waals surface area contributed by atoms with E-state index < -0.39 is 0 Å². The van der Waals surface area contributed by atoms with Crippen LogP contribution in [0.2, 0.25) is 0 Å². The molecule has 162 valence electrons. The number of hydrogen-bond acceptors (Lipinski definition) is 5. The van der Waals surface area contributed by atoms with Gasteiger partial charge in [0.25, 0.3) is 0 Å². The Morgan fingerprint density at radius 2 is 1.75 bits per heavy atom. The summed E-state index contributed by atoms with van der Waals surface area (Å²) in [5.41, 5.74) is 4.68. The van der Waals surface area contributed by atoms with Crippen molar-refractivity contribution in [1.29, 1.82) is 0 Å². The Hall–Kier alpha value is -3.45. The Labute approximate surface area is 192 Å². The first-order valence-electron chi connectivity index (χ1n) is 10.5. The van der Waals surface area contributed by atoms with Crippen LogP contribution in [0.25, 0.3) is 11.3 Å². The fraction of sp³-hybridized carbons (Fsp3) is 0.200. The fourth-order valence-electron chi connectivity index (χ4n) is 3.39. The molecule has 2 aromatic heterocycles. The first-order chi connectivity index (χ1) is 15.6. The van der Waals surface area contributed by atoms with Crippen LogP contribution in [0.5, 0.6) is 0 Å². The van der Waals surface area contributed by atoms with Gasteiger partial charge in [-0.05, 0) is 37.6 Å². The maximum Gasteiger partial charge on any atom is 0.237 e. The summed E-state index contributed by atoms with van der Waals surface area (Å²) >= 11 is 1.35. The van der Waals surface area contributed by atoms with Gasteiger partial charge >= 0.3 is 0 Å². The van der Waals surface area contributed by atoms with Crippen LogP contribution in [0.3, 0.4) is 0 Å². The highest BCUT2D eigenvalue weighted by atomic mass is 32.2. The molecule has 2 heterocycles. The standard InChI is InChI=1S/C25H25N5OS/c1-3-29-17-22(19(2)28-29)23-14-15-26-25(27-23)32-18-24(31)30(21-12-8-5-9-13-21)16-20-10-6-4-7-11-20/h4-15,17H,3,16,18H2,1-2H3. The molecule has 4 rings (SSSR count). The van der Waals surface area contributed by atoms with Crippen LogP contribution in [0, 0.1) is 6.92 Å². The summed E-state index contributed by atoms with van der Waals surface area (Å²) in [6.45, 7) is 5.34. The minimum absolute atomic E-state index is 0.00837. The van der Waals surface area contributed by atoms with Crippen molar-refractivity contribution in [2.45, 2.75) is 32.1 Å². The lowest BCUT2D eigenvalue weighted by Gasteiger charge is -2.23. The van der Waals surface area contributed by atoms with Gasteiger partial charge in [-0.1, -0.05) is 60.3 Å². The van der Waals surface area contributed by atoms with Crippen LogP contribution in [-0.2, 0) is 17.9 Å². The molecule has 0 aliphatic rings. The summed E-state index contributed by atoms with van der Waals surface area (Å²) in [4.78, 5) is 24.0. The molecule has 0 N–H and O–H groups in total. The van der Waals surface area contributed by atoms with Crippen molar-refractivity contribution in [2.24, 2.45) is 0 Å². The summed E-state index contributed by atoms with van der Waals surface area (Å²) in [7, 11) is 0. The maximum absolute atomic E-state index is 13.2. The quantitative estimate of drug-likeness (QED) is 0.283. The second-order valence-corrected chi connectivity index (χ2v) is 8.24. The van der Waals surface area contributed by atoms with Crippen LogP contribution in [0.1, 0.15) is 18.2 Å². The van der Waals surface area contributed by atoms with Gasteiger partial charge in [0.2, 0.25) is 5.91 Å². The number of amides is 1. The molecule has 0 spiro atoms. The van der Waals surface area contributed by atoms with Crippen LogP contribution in [0.4, 0.5) is 5.69 Å². The monoisotopic (exact) mass is 443 g/mol. The number of hydrogen-bond donors (Lipinski definition) is 0. The SMILES string of the molecule is CCn1cc(-c2ccnc(SCC(=O)N(Cc3ccccc3)c3ccccc3)n2)c(C)n1. The molecular weight excluding hydrogens is 418 g/mol. The predicted octanol–water partition coefficient (Wildman–Crippen LogP) is 4.99. The lowest BCUT2D eigenvalue weighted by Crippen LogP contribution is -2.31. The molecule has 1 amide bonds. The van der Waals surface area contributed by atoms with Crippen molar-refractivity contribution >= 4 is 23.4 Å². The fourth-order valence-corrected chi connectivity index (χ4v) is 4.10. The Balaban J connectivity index is 1.50. The largest absolute Gasteiger partial charge is 0.307 e. The van der Waals surface area contributed by atoms with Crippen molar-refractivity contribution in [3.05, 3.63) is 90.4 Å². The first-order valence-corrected chi connectivity index (χ1v) is 11.5. The zero-order chi connectivity index (χ0) is 22.3. The van der Waals surface area contributed by atoms with Gasteiger partial charge in [0.05, 0.1) is 23.7 Å². The number of nitrogens with zero attached hydrogens (tertiary/aromatic N) is 5. The van der Waals surface area contributed by atoms with Gasteiger partial charge in [-0.15, -0.1) is 0 Å². The average molecular weight is 444 g/mol. The van der Waals surface area contributed by atoms with Gasteiger partial charge < -0.3 is 4.90 Å². The number of para-hydroxylation sites is 1. The Morgan fingerprint density at radius 3 is 2.44 bits per heavy atom. The van der Waals surface area contributed by atoms with Gasteiger partial charge in [-0.2, -0.15) is 5.10 Å². The van der Waals surface area contributed by atoms with Crippen molar-refractivity contribution < 1.29 is 4.79 Å². The summed E-state index contributed by atoms with van der Waals surface area (Å²) in [6, 6.07) is 21.6. The van der Waals surface area contributed by atoms with E-state index in [2.05, 4.69) is 22.0 Å². The van der Waals surface area contributed by atoms with Crippen LogP contribution < -0.4 is 4.90 Å². The number of aryl methyl sites for hydroxylation is 2. The summed E-state index contributed by atoms with van der Waals surface area (Å²) in [5.74, 6) is 0.257. The Kier molecular flexibility index (Phi) is 6.97. The predicted molar refractivity (Wildman–Crippen MR) is 128 cm³/mol. The van der Waals surface area contributed by atoms with Gasteiger partial charge in [-0.3, -0.25) is 9.48 Å². The number of aromatic nitrogens is 4. The molecule has 0 fully saturated rings. The summed E-state index contributed by atoms with van der Waals surface area (Å²) in [5, 5.41) is 5.07. The lowest BCUT2D eigenvalue weighted by atomic mass is 10.2. The van der Waals surface area contributed by atoms with Crippen molar-refractivity contribution in [2.75, 3.05) is 10.7 Å². The first kappa shape index (κ1) is 21.8. The average Bonchev–Trinajstić information content (AvgIpc) is 3.23.